The van der Waals surface area contributed by atoms with Gasteiger partial charge in [-0.05, 0) is 0 Å². The number of aromatic carboxylic acids is 1. The minimum absolute atomic E-state index is 0.0913. The number of ether oxygens (including phenoxy) is 1. The Morgan fingerprint density at radius 1 is 1.79 bits per heavy atom. The number of hydrogen-bond donors (Lipinski definition) is 1. The summed E-state index contributed by atoms with van der Waals surface area (Å²) in [6.07, 6.45) is 1.42. The van der Waals surface area contributed by atoms with E-state index in [1.54, 1.807) is 7.05 Å². The third-order valence-electron chi connectivity index (χ3n) is 1.58. The molecule has 0 saturated carbocycles. The first-order valence-electron chi connectivity index (χ1n) is 3.90. The van der Waals surface area contributed by atoms with Crippen molar-refractivity contribution in [1.29, 1.82) is 0 Å². The lowest BCUT2D eigenvalue weighted by Crippen LogP contribution is -2.07. The van der Waals surface area contributed by atoms with Crippen LogP contribution in [0.25, 0.3) is 0 Å². The number of carbonyl (C=O) groups is 1. The highest BCUT2D eigenvalue weighted by atomic mass is 16.5. The Morgan fingerprint density at radius 2 is 2.50 bits per heavy atom. The van der Waals surface area contributed by atoms with Gasteiger partial charge in [0, 0.05) is 14.2 Å². The zero-order chi connectivity index (χ0) is 10.6. The van der Waals surface area contributed by atoms with E-state index in [0.717, 1.165) is 0 Å². The number of rotatable bonds is 2. The van der Waals surface area contributed by atoms with Crippen LogP contribution in [0.2, 0.25) is 0 Å². The fourth-order valence-electron chi connectivity index (χ4n) is 0.986. The molecule has 0 aliphatic rings. The van der Waals surface area contributed by atoms with Crippen molar-refractivity contribution in [3.8, 4) is 11.8 Å². The third-order valence-corrected chi connectivity index (χ3v) is 1.58. The van der Waals surface area contributed by atoms with E-state index < -0.39 is 5.97 Å². The number of methoxy groups -OCH3 is 1. The third kappa shape index (κ3) is 2.12. The molecular formula is C9H10N2O3. The molecule has 1 aromatic heterocycles. The van der Waals surface area contributed by atoms with Gasteiger partial charge in [0.15, 0.2) is 5.69 Å². The lowest BCUT2D eigenvalue weighted by Gasteiger charge is -1.94. The van der Waals surface area contributed by atoms with Crippen molar-refractivity contribution in [3.05, 3.63) is 17.5 Å². The van der Waals surface area contributed by atoms with Crippen molar-refractivity contribution >= 4 is 5.97 Å². The van der Waals surface area contributed by atoms with Crippen LogP contribution < -0.4 is 0 Å². The smallest absolute Gasteiger partial charge is 0.355 e. The number of aryl methyl sites for hydroxylation is 1. The van der Waals surface area contributed by atoms with Crippen molar-refractivity contribution in [2.45, 2.75) is 0 Å². The highest BCUT2D eigenvalue weighted by Crippen LogP contribution is 2.05. The summed E-state index contributed by atoms with van der Waals surface area (Å²) in [7, 11) is 3.08. The fourth-order valence-corrected chi connectivity index (χ4v) is 0.986. The molecule has 1 rings (SSSR count). The first kappa shape index (κ1) is 10.3. The van der Waals surface area contributed by atoms with Gasteiger partial charge in [-0.1, -0.05) is 11.8 Å². The second-order valence-electron chi connectivity index (χ2n) is 2.57. The van der Waals surface area contributed by atoms with E-state index in [1.807, 2.05) is 0 Å². The molecule has 74 valence electrons. The van der Waals surface area contributed by atoms with Gasteiger partial charge in [-0.15, -0.1) is 0 Å². The highest BCUT2D eigenvalue weighted by Gasteiger charge is 2.13. The lowest BCUT2D eigenvalue weighted by molar-refractivity contribution is 0.0684. The molecule has 0 aromatic carbocycles. The van der Waals surface area contributed by atoms with Crippen molar-refractivity contribution in [1.82, 2.24) is 9.78 Å². The van der Waals surface area contributed by atoms with Crippen molar-refractivity contribution in [2.75, 3.05) is 13.7 Å². The van der Waals surface area contributed by atoms with E-state index in [4.69, 9.17) is 9.84 Å². The van der Waals surface area contributed by atoms with Crippen LogP contribution in [0.4, 0.5) is 0 Å². The van der Waals surface area contributed by atoms with Crippen molar-refractivity contribution in [3.63, 3.8) is 0 Å². The molecule has 0 fully saturated rings. The Kier molecular flexibility index (Phi) is 3.26. The standard InChI is InChI=1S/C9H10N2O3/c1-11-8(9(12)13)7(6-10-11)4-3-5-14-2/h6H,5H2,1-2H3,(H,12,13). The molecule has 0 spiro atoms. The Morgan fingerprint density at radius 3 is 3.07 bits per heavy atom. The molecule has 1 N–H and O–H groups in total. The SMILES string of the molecule is COCC#Cc1cnn(C)c1C(=O)O. The highest BCUT2D eigenvalue weighted by molar-refractivity contribution is 5.88. The van der Waals surface area contributed by atoms with Crippen LogP contribution in [-0.4, -0.2) is 34.6 Å². The topological polar surface area (TPSA) is 64.4 Å². The minimum Gasteiger partial charge on any atom is -0.476 e. The van der Waals surface area contributed by atoms with Gasteiger partial charge in [0.05, 0.1) is 11.8 Å². The van der Waals surface area contributed by atoms with E-state index in [-0.39, 0.29) is 12.3 Å². The second-order valence-corrected chi connectivity index (χ2v) is 2.57. The summed E-state index contributed by atoms with van der Waals surface area (Å²) >= 11 is 0. The maximum absolute atomic E-state index is 10.8. The molecule has 0 aliphatic carbocycles. The van der Waals surface area contributed by atoms with Gasteiger partial charge in [0.2, 0.25) is 0 Å². The molecule has 5 heteroatoms. The van der Waals surface area contributed by atoms with Crippen LogP contribution in [0.3, 0.4) is 0 Å². The number of carboxylic acids is 1. The molecule has 5 nitrogen and oxygen atoms in total. The molecule has 1 aromatic rings. The van der Waals surface area contributed by atoms with E-state index in [2.05, 4.69) is 16.9 Å². The quantitative estimate of drug-likeness (QED) is 0.679. The van der Waals surface area contributed by atoms with Gasteiger partial charge >= 0.3 is 5.97 Å². The largest absolute Gasteiger partial charge is 0.476 e. The average molecular weight is 194 g/mol. The predicted octanol–water partition coefficient (Wildman–Crippen LogP) is 0.116. The molecule has 0 amide bonds. The summed E-state index contributed by atoms with van der Waals surface area (Å²) in [5.41, 5.74) is 0.491. The van der Waals surface area contributed by atoms with Gasteiger partial charge in [0.1, 0.15) is 6.61 Å². The normalized spacial score (nSPS) is 9.29. The molecule has 0 unspecified atom stereocenters. The van der Waals surface area contributed by atoms with Crippen LogP contribution in [0.15, 0.2) is 6.20 Å². The molecule has 0 atom stereocenters. The molecule has 1 heterocycles. The molecule has 0 bridgehead atoms. The van der Waals surface area contributed by atoms with Crippen LogP contribution in [0.1, 0.15) is 16.1 Å². The average Bonchev–Trinajstić information content (AvgIpc) is 2.47. The Balaban J connectivity index is 2.99. The van der Waals surface area contributed by atoms with Crippen molar-refractivity contribution < 1.29 is 14.6 Å². The fraction of sp³-hybridized carbons (Fsp3) is 0.333. The first-order valence-corrected chi connectivity index (χ1v) is 3.90. The molecule has 0 aliphatic heterocycles. The molecule has 0 saturated heterocycles. The summed E-state index contributed by atoms with van der Waals surface area (Å²) in [4.78, 5) is 10.8. The summed E-state index contributed by atoms with van der Waals surface area (Å²) in [6, 6.07) is 0. The maximum atomic E-state index is 10.8. The van der Waals surface area contributed by atoms with Gasteiger partial charge < -0.3 is 9.84 Å². The van der Waals surface area contributed by atoms with Crippen LogP contribution in [0.5, 0.6) is 0 Å². The molecule has 14 heavy (non-hydrogen) atoms. The second kappa shape index (κ2) is 4.44. The van der Waals surface area contributed by atoms with Crippen molar-refractivity contribution in [2.24, 2.45) is 7.05 Å². The monoisotopic (exact) mass is 194 g/mol. The summed E-state index contributed by atoms with van der Waals surface area (Å²) in [5, 5.41) is 12.6. The minimum atomic E-state index is -1.04. The molecule has 0 radical (unpaired) electrons. The van der Waals surface area contributed by atoms with E-state index in [9.17, 15) is 4.79 Å². The molecular weight excluding hydrogens is 184 g/mol. The van der Waals surface area contributed by atoms with Gasteiger partial charge in [-0.2, -0.15) is 5.10 Å². The van der Waals surface area contributed by atoms with Crippen LogP contribution in [-0.2, 0) is 11.8 Å². The number of carboxylic acid groups (broad SMARTS) is 1. The van der Waals surface area contributed by atoms with E-state index in [1.165, 1.54) is 18.0 Å². The Hall–Kier alpha value is -1.80. The van der Waals surface area contributed by atoms with E-state index in [0.29, 0.717) is 5.56 Å². The first-order chi connectivity index (χ1) is 6.66. The number of aromatic nitrogens is 2. The summed E-state index contributed by atoms with van der Waals surface area (Å²) < 4.78 is 6.00. The van der Waals surface area contributed by atoms with Crippen LogP contribution in [0, 0.1) is 11.8 Å². The zero-order valence-electron chi connectivity index (χ0n) is 7.94. The van der Waals surface area contributed by atoms with E-state index >= 15 is 0 Å². The van der Waals surface area contributed by atoms with Gasteiger partial charge in [-0.25, -0.2) is 4.79 Å². The lowest BCUT2D eigenvalue weighted by atomic mass is 10.2. The maximum Gasteiger partial charge on any atom is 0.355 e. The van der Waals surface area contributed by atoms with Gasteiger partial charge in [-0.3, -0.25) is 4.68 Å². The number of nitrogens with zero attached hydrogens (tertiary/aromatic N) is 2. The summed E-state index contributed by atoms with van der Waals surface area (Å²) in [5.74, 6) is 4.31. The number of hydrogen-bond acceptors (Lipinski definition) is 3. The zero-order valence-corrected chi connectivity index (χ0v) is 7.94. The Labute approximate surface area is 81.3 Å². The van der Waals surface area contributed by atoms with Gasteiger partial charge in [0.25, 0.3) is 0 Å². The summed E-state index contributed by atoms with van der Waals surface area (Å²) in [6.45, 7) is 0.272. The predicted molar refractivity (Wildman–Crippen MR) is 48.9 cm³/mol. The van der Waals surface area contributed by atoms with Crippen LogP contribution >= 0.6 is 0 Å². The Bertz CT molecular complexity index is 398.